The fourth-order valence-corrected chi connectivity index (χ4v) is 17.2. The number of nitrogens with one attached hydrogen (secondary N) is 5. The van der Waals surface area contributed by atoms with Gasteiger partial charge in [-0.15, -0.1) is 0 Å². The van der Waals surface area contributed by atoms with E-state index in [0.717, 1.165) is 46.9 Å². The number of allylic oxidation sites excluding steroid dienone is 10. The largest absolute Gasteiger partial charge is 0.508 e. The van der Waals surface area contributed by atoms with Crippen molar-refractivity contribution in [1.29, 1.82) is 0 Å². The first-order valence-corrected chi connectivity index (χ1v) is 48.0. The van der Waals surface area contributed by atoms with E-state index in [9.17, 15) is 82.4 Å². The number of benzene rings is 3. The van der Waals surface area contributed by atoms with E-state index in [2.05, 4.69) is 55.3 Å². The first-order chi connectivity index (χ1) is 65.3. The van der Waals surface area contributed by atoms with Crippen molar-refractivity contribution in [3.05, 3.63) is 223 Å². The first kappa shape index (κ1) is 113. The Bertz CT molecular complexity index is 5280. The molecule has 0 radical (unpaired) electrons. The smallest absolute Gasteiger partial charge is 0.360 e. The zero-order valence-electron chi connectivity index (χ0n) is 79.9. The van der Waals surface area contributed by atoms with Gasteiger partial charge in [0.1, 0.15) is 53.2 Å². The molecule has 35 heteroatoms. The maximum Gasteiger partial charge on any atom is 0.360 e. The van der Waals surface area contributed by atoms with Crippen molar-refractivity contribution in [1.82, 2.24) is 36.2 Å². The molecule has 1 fully saturated rings. The minimum absolute atomic E-state index is 0.00000395. The lowest BCUT2D eigenvalue weighted by Gasteiger charge is -2.38. The van der Waals surface area contributed by atoms with Gasteiger partial charge < -0.3 is 90.4 Å². The molecule has 33 nitrogen and oxygen atoms in total. The number of hydrogen-bond donors (Lipinski definition) is 10. The van der Waals surface area contributed by atoms with Gasteiger partial charge in [-0.1, -0.05) is 188 Å². The van der Waals surface area contributed by atoms with Crippen LogP contribution in [0.3, 0.4) is 0 Å². The third-order valence-corrected chi connectivity index (χ3v) is 25.7. The number of H-pyrrole nitrogens is 1. The minimum Gasteiger partial charge on any atom is -0.508 e. The summed E-state index contributed by atoms with van der Waals surface area (Å²) in [7, 11) is 4.63. The van der Waals surface area contributed by atoms with E-state index in [1.165, 1.54) is 87.6 Å². The van der Waals surface area contributed by atoms with E-state index in [-0.39, 0.29) is 122 Å². The number of aryl methyl sites for hydroxylation is 1. The van der Waals surface area contributed by atoms with Crippen LogP contribution < -0.4 is 32.7 Å². The van der Waals surface area contributed by atoms with Gasteiger partial charge in [0.25, 0.3) is 0 Å². The van der Waals surface area contributed by atoms with Gasteiger partial charge in [-0.2, -0.15) is 0 Å². The van der Waals surface area contributed by atoms with E-state index in [1.807, 2.05) is 56.3 Å². The van der Waals surface area contributed by atoms with Crippen LogP contribution in [-0.2, 0) is 94.1 Å². The highest BCUT2D eigenvalue weighted by molar-refractivity contribution is 8.76. The van der Waals surface area contributed by atoms with Gasteiger partial charge in [-0.3, -0.25) is 52.7 Å². The topological polar surface area (TPSA) is 514 Å². The number of amides is 5. The number of aromatic nitrogens is 3. The number of rotatable bonds is 30. The molecule has 12 N–H and O–H groups in total. The zero-order chi connectivity index (χ0) is 101. The average Bonchev–Trinajstić information content (AvgIpc) is 0.862. The lowest BCUT2D eigenvalue weighted by atomic mass is 9.76. The summed E-state index contributed by atoms with van der Waals surface area (Å²) in [4.78, 5) is 202. The molecule has 0 aliphatic carbocycles. The highest BCUT2D eigenvalue weighted by atomic mass is 33.1. The molecule has 2 aliphatic rings. The molecule has 1 saturated heterocycles. The predicted molar refractivity (Wildman–Crippen MR) is 521 cm³/mol. The number of aromatic amines is 1. The molecule has 5 amide bonds. The lowest BCUT2D eigenvalue weighted by Crippen LogP contribution is -2.52. The number of fused-ring (bicyclic) bond motifs is 5. The summed E-state index contributed by atoms with van der Waals surface area (Å²) in [5.41, 5.74) is 10.8. The summed E-state index contributed by atoms with van der Waals surface area (Å²) in [6.45, 7) is 18.6. The van der Waals surface area contributed by atoms with E-state index < -0.39 is 166 Å². The third-order valence-electron chi connectivity index (χ3n) is 23.2. The van der Waals surface area contributed by atoms with Gasteiger partial charge in [-0.05, 0) is 142 Å². The van der Waals surface area contributed by atoms with E-state index in [0.29, 0.717) is 31.4 Å². The standard InChI is InChI=1S/C48H59N3O14.C47H64N6O10S2.C7H8/c1-9-22-35(52)47(5,45(57)59-7)37-24-18-14-12-16-20-27-41-51-34(31-62-41)44(56)65-38(25-19-15-13-17-21-26-40-50-33(30-61-40)43(55)64-37)48(6,46(58)60-8)36(23-10-2)63-42(54)29-28-39(53)49-32(4)11-3;1-26(2)35-21-42(58)38(11-7-8-16-48)51-45(61)30(19-31-23-50-37-10-6-5-9-34(31)37)20-41(57)39(18-29-12-14-33(56)15-13-29)52-46(62)32(17-27(3)54)24-64-65-25-40(53-47(35)63)43(59)22-36(28(4)55)44(49)60;1-7-5-3-2-4-6-7/h9-10,12-23,26-27,30-32,35-38,52H,11,24-25,28-29H2,1-8H3,(H,49,53);5-6,9-10,12-15,23,26,28,30,32,35-36,38-40,50,55-56H,7-8,11,16-22,24-25,48H2,1-4H3,(H2,49,60)(H,51,61)(H,52,62)(H,53,63);2-6H,1H3/b16-12+,17-13+,18-14-,19-15-,22-9+,23-10+,26-21+,27-20+;;/t32-,35?,36?,37?,38?,47?,48?;28?,30-,32-,35-,36+,38-,39+,40-;/m00./s1. The number of phenolic OH excluding ortho intramolecular Hbond substituents is 1. The number of para-hydroxylation sites is 1. The molecule has 8 rings (SSSR count). The van der Waals surface area contributed by atoms with Gasteiger partial charge in [0.2, 0.25) is 41.3 Å². The number of carbonyl (C=O) groups excluding carboxylic acids is 14. The predicted octanol–water partition coefficient (Wildman–Crippen LogP) is 12.4. The number of oxazole rings is 2. The van der Waals surface area contributed by atoms with Crippen LogP contribution >= 0.6 is 21.6 Å². The second kappa shape index (κ2) is 58.0. The number of primary amides is 1. The number of Topliss-reactive ketones (excluding diaryl/α,β-unsaturated/α-hetero) is 4. The number of ketones is 4. The number of methoxy groups -OCH3 is 2. The molecule has 6 aromatic rings. The van der Waals surface area contributed by atoms with Crippen molar-refractivity contribution in [3.8, 4) is 5.75 Å². The molecule has 740 valence electrons. The summed E-state index contributed by atoms with van der Waals surface area (Å²) in [5, 5.41) is 43.5. The maximum absolute atomic E-state index is 14.6. The number of carbonyl (C=O) groups is 14. The molecule has 0 saturated carbocycles. The number of nitrogens with zero attached hydrogens (tertiary/aromatic N) is 2. The summed E-state index contributed by atoms with van der Waals surface area (Å²) >= 11 is 0. The number of aliphatic hydroxyl groups is 2. The Labute approximate surface area is 807 Å². The Hall–Kier alpha value is -12.7. The average molecular weight is 1930 g/mol. The summed E-state index contributed by atoms with van der Waals surface area (Å²) in [5.74, 6) is -13.6. The second-order valence-corrected chi connectivity index (χ2v) is 36.7. The number of aliphatic hydroxyl groups excluding tert-OH is 2. The molecule has 2 aliphatic heterocycles. The van der Waals surface area contributed by atoms with Crippen LogP contribution in [0.15, 0.2) is 191 Å². The van der Waals surface area contributed by atoms with Crippen LogP contribution in [0.25, 0.3) is 23.1 Å². The Morgan fingerprint density at radius 2 is 1.21 bits per heavy atom. The Kier molecular flexibility index (Phi) is 47.9. The molecule has 137 heavy (non-hydrogen) atoms. The number of aromatic hydroxyl groups is 1. The Morgan fingerprint density at radius 3 is 1.76 bits per heavy atom. The molecule has 5 heterocycles. The first-order valence-electron chi connectivity index (χ1n) is 45.5. The molecule has 15 atom stereocenters. The highest BCUT2D eigenvalue weighted by Crippen LogP contribution is 2.39. The van der Waals surface area contributed by atoms with Gasteiger partial charge in [0.05, 0.1) is 62.8 Å². The monoisotopic (exact) mass is 1930 g/mol. The number of nitrogens with two attached hydrogens (primary N) is 2. The van der Waals surface area contributed by atoms with Crippen LogP contribution in [0.4, 0.5) is 0 Å². The number of cyclic esters (lactones) is 2. The summed E-state index contributed by atoms with van der Waals surface area (Å²) < 4.78 is 38.8. The van der Waals surface area contributed by atoms with Crippen LogP contribution in [0.1, 0.15) is 196 Å². The SMILES string of the molecule is C/C=C/C(O)C(C)(C(=O)OC)C1C\C=C/C=C/C=C/c2nc(co2)C(=O)OC(C(C)(C(=O)OC)C(/C=C/C)OC(=O)CCC(=O)N[C@@H](C)CC)C\C=C/C=C/C=C/c2nc(co2)C(=O)O1.CC(=O)C[C@H]1CSSC[C@@H](C(=O)C[C@@H](C(N)=O)C(C)O)NC(=O)[C@H](C(C)C)CC(=O)[C@H](CCCCN)NC(=O)[C@@H](Cc2c[nH]c3ccccc23)CC(=O)[C@@H](Cc2ccc(O)cc2)NC1=O.Cc1ccccc1. The quantitative estimate of drug-likeness (QED) is 0.00658. The summed E-state index contributed by atoms with van der Waals surface area (Å²) in [6.07, 6.45) is 22.6. The van der Waals surface area contributed by atoms with Crippen molar-refractivity contribution in [2.75, 3.05) is 32.3 Å². The van der Waals surface area contributed by atoms with Gasteiger partial charge >= 0.3 is 29.8 Å². The van der Waals surface area contributed by atoms with Crippen molar-refractivity contribution in [3.63, 3.8) is 0 Å². The minimum atomic E-state index is -1.83. The Morgan fingerprint density at radius 1 is 0.657 bits per heavy atom. The van der Waals surface area contributed by atoms with E-state index in [4.69, 9.17) is 44.0 Å². The fourth-order valence-electron chi connectivity index (χ4n) is 14.7. The highest BCUT2D eigenvalue weighted by Gasteiger charge is 2.53. The van der Waals surface area contributed by atoms with Crippen molar-refractivity contribution >= 4 is 127 Å². The normalized spacial score (nSPS) is 22.2. The molecule has 7 unspecified atom stereocenters. The van der Waals surface area contributed by atoms with Crippen molar-refractivity contribution in [2.45, 2.75) is 221 Å². The maximum atomic E-state index is 14.6. The molecule has 3 aromatic carbocycles. The number of esters is 5. The number of ether oxygens (including phenoxy) is 5. The van der Waals surface area contributed by atoms with Crippen LogP contribution in [0, 0.1) is 47.3 Å². The number of unbranched alkanes of at least 4 members (excludes halogenated alkanes) is 1. The number of hydrogen-bond acceptors (Lipinski definition) is 29. The van der Waals surface area contributed by atoms with Crippen LogP contribution in [-0.4, -0.2) is 200 Å². The van der Waals surface area contributed by atoms with E-state index >= 15 is 0 Å². The molecular weight excluding hydrogens is 1800 g/mol. The van der Waals surface area contributed by atoms with Gasteiger partial charge in [0, 0.05) is 104 Å². The second-order valence-electron chi connectivity index (χ2n) is 34.1. The molecule has 4 bridgehead atoms. The fraction of sp³-hybridized carbons (Fsp3) is 0.451. The van der Waals surface area contributed by atoms with Crippen molar-refractivity contribution in [2.24, 2.45) is 51.9 Å². The summed E-state index contributed by atoms with van der Waals surface area (Å²) in [6, 6.07) is 20.4. The Balaban J connectivity index is 0.000000391. The van der Waals surface area contributed by atoms with Crippen molar-refractivity contribution < 1.29 is 115 Å². The van der Waals surface area contributed by atoms with Crippen LogP contribution in [0.2, 0.25) is 0 Å². The van der Waals surface area contributed by atoms with Gasteiger partial charge in [0.15, 0.2) is 28.7 Å². The van der Waals surface area contributed by atoms with Gasteiger partial charge in [-0.25, -0.2) is 19.6 Å². The number of phenols is 1. The molecule has 3 aromatic heterocycles. The van der Waals surface area contributed by atoms with E-state index in [1.54, 1.807) is 119 Å². The third kappa shape index (κ3) is 36.1. The molecular formula is C102H131N9O24S2. The van der Waals surface area contributed by atoms with Crippen LogP contribution in [0.5, 0.6) is 5.75 Å². The lowest BCUT2D eigenvalue weighted by molar-refractivity contribution is -0.176. The zero-order valence-corrected chi connectivity index (χ0v) is 81.5. The molecule has 0 spiro atoms.